The van der Waals surface area contributed by atoms with Crippen LogP contribution in [0.15, 0.2) is 60.8 Å². The monoisotopic (exact) mass is 993 g/mol. The van der Waals surface area contributed by atoms with Gasteiger partial charge in [0.2, 0.25) is 0 Å². The van der Waals surface area contributed by atoms with Gasteiger partial charge in [-0.2, -0.15) is 0 Å². The molecule has 0 rings (SSSR count). The van der Waals surface area contributed by atoms with Crippen LogP contribution in [0.4, 0.5) is 0 Å². The summed E-state index contributed by atoms with van der Waals surface area (Å²) in [5.41, 5.74) is 0. The number of hydrogen-bond donors (Lipinski definition) is 0. The van der Waals surface area contributed by atoms with Crippen LogP contribution in [0.5, 0.6) is 0 Å². The van der Waals surface area contributed by atoms with Crippen molar-refractivity contribution in [3.8, 4) is 0 Å². The van der Waals surface area contributed by atoms with E-state index in [0.29, 0.717) is 19.3 Å². The maximum atomic E-state index is 12.8. The molecule has 6 heteroatoms. The van der Waals surface area contributed by atoms with Gasteiger partial charge in [0, 0.05) is 19.3 Å². The van der Waals surface area contributed by atoms with E-state index in [9.17, 15) is 14.4 Å². The molecule has 0 amide bonds. The fraction of sp³-hybridized carbons (Fsp3) is 0.800. The van der Waals surface area contributed by atoms with Crippen molar-refractivity contribution in [1.29, 1.82) is 0 Å². The molecule has 0 saturated carbocycles. The van der Waals surface area contributed by atoms with Crippen LogP contribution < -0.4 is 0 Å². The zero-order chi connectivity index (χ0) is 51.4. The maximum absolute atomic E-state index is 12.8. The number of ether oxygens (including phenoxy) is 3. The Morgan fingerprint density at radius 3 is 0.859 bits per heavy atom. The van der Waals surface area contributed by atoms with Crippen LogP contribution in [-0.2, 0) is 28.6 Å². The van der Waals surface area contributed by atoms with Gasteiger partial charge in [0.05, 0.1) is 0 Å². The first-order valence-electron chi connectivity index (χ1n) is 30.8. The molecule has 6 nitrogen and oxygen atoms in total. The SMILES string of the molecule is CCC/C=C\CCCCCCCC(=O)OCC(COC(=O)CCCCCCCCCCCCCC/C=C\C/C=C\C/C=C\CCCCCCC)OC(=O)CCCCCCC/C=C\CCCCCCCCC. The Balaban J connectivity index is 4.21. The molecule has 0 spiro atoms. The standard InChI is InChI=1S/C65H116O6/c1-4-7-10-13-16-19-22-24-26-28-29-30-31-32-33-34-35-36-37-38-40-41-43-46-49-52-55-58-64(67)70-61-62(60-69-63(66)57-54-51-48-45-21-18-15-12-9-6-3)71-65(68)59-56-53-50-47-44-42-39-27-25-23-20-17-14-11-8-5-2/h12,15,22,24,27-29,31-32,39,62H,4-11,13-14,16-21,23,25-26,30,33-38,40-61H2,1-3H3/b15-12-,24-22-,29-28-,32-31-,39-27-. The lowest BCUT2D eigenvalue weighted by Crippen LogP contribution is -2.30. The van der Waals surface area contributed by atoms with Crippen molar-refractivity contribution in [1.82, 2.24) is 0 Å². The highest BCUT2D eigenvalue weighted by Gasteiger charge is 2.19. The number of esters is 3. The molecule has 1 atom stereocenters. The highest BCUT2D eigenvalue weighted by molar-refractivity contribution is 5.71. The number of carbonyl (C=O) groups excluding carboxylic acids is 3. The predicted molar refractivity (Wildman–Crippen MR) is 307 cm³/mol. The lowest BCUT2D eigenvalue weighted by Gasteiger charge is -2.18. The normalized spacial score (nSPS) is 12.4. The molecule has 0 bridgehead atoms. The number of allylic oxidation sites excluding steroid dienone is 10. The van der Waals surface area contributed by atoms with Gasteiger partial charge >= 0.3 is 17.9 Å². The molecule has 0 aliphatic rings. The van der Waals surface area contributed by atoms with E-state index in [0.717, 1.165) is 96.3 Å². The highest BCUT2D eigenvalue weighted by atomic mass is 16.6. The summed E-state index contributed by atoms with van der Waals surface area (Å²) in [5, 5.41) is 0. The maximum Gasteiger partial charge on any atom is 0.306 e. The zero-order valence-electron chi connectivity index (χ0n) is 47.2. The largest absolute Gasteiger partial charge is 0.462 e. The van der Waals surface area contributed by atoms with Gasteiger partial charge in [-0.05, 0) is 103 Å². The van der Waals surface area contributed by atoms with Crippen molar-refractivity contribution in [3.05, 3.63) is 60.8 Å². The summed E-state index contributed by atoms with van der Waals surface area (Å²) < 4.78 is 16.8. The van der Waals surface area contributed by atoms with Crippen LogP contribution in [-0.4, -0.2) is 37.2 Å². The average molecular weight is 994 g/mol. The summed E-state index contributed by atoms with van der Waals surface area (Å²) in [6, 6.07) is 0. The van der Waals surface area contributed by atoms with Crippen LogP contribution >= 0.6 is 0 Å². The van der Waals surface area contributed by atoms with Crippen LogP contribution in [0, 0.1) is 0 Å². The minimum Gasteiger partial charge on any atom is -0.462 e. The fourth-order valence-electron chi connectivity index (χ4n) is 8.80. The predicted octanol–water partition coefficient (Wildman–Crippen LogP) is 20.8. The van der Waals surface area contributed by atoms with Crippen molar-refractivity contribution >= 4 is 17.9 Å². The van der Waals surface area contributed by atoms with Crippen molar-refractivity contribution in [2.24, 2.45) is 0 Å². The third kappa shape index (κ3) is 57.9. The lowest BCUT2D eigenvalue weighted by atomic mass is 10.0. The Bertz CT molecular complexity index is 1280. The van der Waals surface area contributed by atoms with Crippen molar-refractivity contribution in [2.75, 3.05) is 13.2 Å². The summed E-state index contributed by atoms with van der Waals surface area (Å²) in [5.74, 6) is -0.889. The Morgan fingerprint density at radius 1 is 0.282 bits per heavy atom. The zero-order valence-corrected chi connectivity index (χ0v) is 47.2. The van der Waals surface area contributed by atoms with Gasteiger partial charge in [-0.15, -0.1) is 0 Å². The minimum atomic E-state index is -0.781. The average Bonchev–Trinajstić information content (AvgIpc) is 3.37. The van der Waals surface area contributed by atoms with Crippen LogP contribution in [0.25, 0.3) is 0 Å². The Hall–Kier alpha value is -2.89. The summed E-state index contributed by atoms with van der Waals surface area (Å²) in [7, 11) is 0. The van der Waals surface area contributed by atoms with Gasteiger partial charge in [-0.3, -0.25) is 14.4 Å². The van der Waals surface area contributed by atoms with Crippen LogP contribution in [0.2, 0.25) is 0 Å². The van der Waals surface area contributed by atoms with E-state index in [1.165, 1.54) is 180 Å². The summed E-state index contributed by atoms with van der Waals surface area (Å²) in [6.45, 7) is 6.58. The van der Waals surface area contributed by atoms with Crippen molar-refractivity contribution < 1.29 is 28.6 Å². The molecule has 0 saturated heterocycles. The Morgan fingerprint density at radius 2 is 0.535 bits per heavy atom. The second kappa shape index (κ2) is 59.7. The molecule has 0 aromatic rings. The van der Waals surface area contributed by atoms with Crippen LogP contribution in [0.3, 0.4) is 0 Å². The van der Waals surface area contributed by atoms with E-state index in [2.05, 4.69) is 81.5 Å². The number of carbonyl (C=O) groups is 3. The molecule has 1 unspecified atom stereocenters. The quantitative estimate of drug-likeness (QED) is 0.0261. The van der Waals surface area contributed by atoms with Gasteiger partial charge in [0.1, 0.15) is 13.2 Å². The van der Waals surface area contributed by atoms with Crippen LogP contribution in [0.1, 0.15) is 316 Å². The molecule has 0 aliphatic heterocycles. The highest BCUT2D eigenvalue weighted by Crippen LogP contribution is 2.16. The topological polar surface area (TPSA) is 78.9 Å². The van der Waals surface area contributed by atoms with E-state index >= 15 is 0 Å². The van der Waals surface area contributed by atoms with Crippen molar-refractivity contribution in [2.45, 2.75) is 322 Å². The molecule has 0 radical (unpaired) electrons. The fourth-order valence-corrected chi connectivity index (χ4v) is 8.80. The van der Waals surface area contributed by atoms with Gasteiger partial charge in [0.15, 0.2) is 6.10 Å². The first kappa shape index (κ1) is 68.1. The van der Waals surface area contributed by atoms with E-state index in [1.807, 2.05) is 0 Å². The van der Waals surface area contributed by atoms with Gasteiger partial charge in [0.25, 0.3) is 0 Å². The second-order valence-corrected chi connectivity index (χ2v) is 20.6. The molecule has 0 aromatic heterocycles. The smallest absolute Gasteiger partial charge is 0.306 e. The Labute approximate surface area is 440 Å². The first-order chi connectivity index (χ1) is 35.0. The van der Waals surface area contributed by atoms with E-state index in [1.54, 1.807) is 0 Å². The minimum absolute atomic E-state index is 0.0796. The third-order valence-corrected chi connectivity index (χ3v) is 13.4. The Kier molecular flexibility index (Phi) is 57.2. The van der Waals surface area contributed by atoms with E-state index in [-0.39, 0.29) is 31.1 Å². The molecule has 0 heterocycles. The van der Waals surface area contributed by atoms with E-state index < -0.39 is 6.10 Å². The molecule has 0 aliphatic carbocycles. The molecular formula is C65H116O6. The molecule has 0 fully saturated rings. The third-order valence-electron chi connectivity index (χ3n) is 13.4. The number of rotatable bonds is 56. The second-order valence-electron chi connectivity index (χ2n) is 20.6. The van der Waals surface area contributed by atoms with Gasteiger partial charge in [-0.25, -0.2) is 0 Å². The van der Waals surface area contributed by atoms with Gasteiger partial charge < -0.3 is 14.2 Å². The molecular weight excluding hydrogens is 877 g/mol. The van der Waals surface area contributed by atoms with Crippen molar-refractivity contribution in [3.63, 3.8) is 0 Å². The summed E-state index contributed by atoms with van der Waals surface area (Å²) >= 11 is 0. The summed E-state index contributed by atoms with van der Waals surface area (Å²) in [6.07, 6.45) is 75.2. The number of hydrogen-bond acceptors (Lipinski definition) is 6. The number of unbranched alkanes of at least 4 members (excludes halogenated alkanes) is 35. The molecule has 412 valence electrons. The molecule has 0 N–H and O–H groups in total. The first-order valence-corrected chi connectivity index (χ1v) is 30.8. The molecule has 0 aromatic carbocycles. The lowest BCUT2D eigenvalue weighted by molar-refractivity contribution is -0.167. The molecule has 71 heavy (non-hydrogen) atoms. The van der Waals surface area contributed by atoms with E-state index in [4.69, 9.17) is 14.2 Å². The van der Waals surface area contributed by atoms with Gasteiger partial charge in [-0.1, -0.05) is 255 Å². The summed E-state index contributed by atoms with van der Waals surface area (Å²) in [4.78, 5) is 38.1.